The highest BCUT2D eigenvalue weighted by Gasteiger charge is 2.36. The van der Waals surface area contributed by atoms with Crippen molar-refractivity contribution < 1.29 is 14.3 Å². The fraction of sp³-hybridized carbons (Fsp3) is 0.556. The maximum atomic E-state index is 12.7. The number of carbonyl (C=O) groups excluding carboxylic acids is 2. The van der Waals surface area contributed by atoms with Crippen molar-refractivity contribution in [3.05, 3.63) is 29.8 Å². The van der Waals surface area contributed by atoms with Crippen molar-refractivity contribution in [2.75, 3.05) is 38.2 Å². The van der Waals surface area contributed by atoms with E-state index < -0.39 is 0 Å². The Morgan fingerprint density at radius 1 is 1.25 bits per heavy atom. The van der Waals surface area contributed by atoms with Crippen molar-refractivity contribution in [3.8, 4) is 5.75 Å². The van der Waals surface area contributed by atoms with Crippen molar-refractivity contribution in [1.29, 1.82) is 0 Å². The molecule has 1 aromatic rings. The van der Waals surface area contributed by atoms with Gasteiger partial charge in [-0.3, -0.25) is 9.59 Å². The number of benzene rings is 1. The van der Waals surface area contributed by atoms with Gasteiger partial charge >= 0.3 is 0 Å². The number of likely N-dealkylation sites (tertiary alicyclic amines) is 1. The monoisotopic (exact) mass is 348 g/mol. The number of ether oxygens (including phenoxy) is 1. The molecule has 0 N–H and O–H groups in total. The van der Waals surface area contributed by atoms with E-state index in [1.165, 1.54) is 0 Å². The molecule has 2 saturated heterocycles. The van der Waals surface area contributed by atoms with Gasteiger partial charge in [-0.25, -0.2) is 0 Å². The molecule has 0 aromatic heterocycles. The van der Waals surface area contributed by atoms with E-state index in [2.05, 4.69) is 0 Å². The largest absolute Gasteiger partial charge is 0.497 e. The van der Waals surface area contributed by atoms with Crippen molar-refractivity contribution in [2.24, 2.45) is 5.92 Å². The van der Waals surface area contributed by atoms with Crippen molar-refractivity contribution >= 4 is 23.6 Å². The van der Waals surface area contributed by atoms with E-state index in [0.717, 1.165) is 42.3 Å². The first-order valence-electron chi connectivity index (χ1n) is 8.44. The molecule has 2 heterocycles. The Balaban J connectivity index is 1.59. The molecular weight excluding hydrogens is 324 g/mol. The fourth-order valence-corrected chi connectivity index (χ4v) is 4.15. The zero-order valence-electron chi connectivity index (χ0n) is 14.1. The molecule has 0 bridgehead atoms. The number of carbonyl (C=O) groups is 2. The zero-order valence-corrected chi connectivity index (χ0v) is 14.9. The molecule has 0 radical (unpaired) electrons. The molecule has 2 amide bonds. The molecule has 0 unspecified atom stereocenters. The van der Waals surface area contributed by atoms with Gasteiger partial charge in [-0.1, -0.05) is 12.1 Å². The highest BCUT2D eigenvalue weighted by Crippen LogP contribution is 2.24. The van der Waals surface area contributed by atoms with Gasteiger partial charge in [-0.2, -0.15) is 11.8 Å². The molecule has 1 atom stereocenters. The van der Waals surface area contributed by atoms with E-state index in [9.17, 15) is 9.59 Å². The third-order valence-electron chi connectivity index (χ3n) is 4.63. The summed E-state index contributed by atoms with van der Waals surface area (Å²) in [6, 6.07) is 7.72. The number of nitrogens with zero attached hydrogens (tertiary/aromatic N) is 2. The van der Waals surface area contributed by atoms with E-state index in [1.54, 1.807) is 12.0 Å². The second kappa shape index (κ2) is 7.92. The number of thioether (sulfide) groups is 1. The van der Waals surface area contributed by atoms with Gasteiger partial charge < -0.3 is 14.5 Å². The number of hydrogen-bond acceptors (Lipinski definition) is 4. The first-order chi connectivity index (χ1) is 11.7. The number of hydrogen-bond donors (Lipinski definition) is 0. The summed E-state index contributed by atoms with van der Waals surface area (Å²) in [7, 11) is 1.64. The van der Waals surface area contributed by atoms with Crippen LogP contribution in [0.4, 0.5) is 0 Å². The second-order valence-corrected chi connectivity index (χ2v) is 7.54. The van der Waals surface area contributed by atoms with Gasteiger partial charge in [0.15, 0.2) is 0 Å². The summed E-state index contributed by atoms with van der Waals surface area (Å²) in [5.41, 5.74) is 1.06. The molecule has 130 valence electrons. The number of rotatable bonds is 4. The Morgan fingerprint density at radius 2 is 2.04 bits per heavy atom. The van der Waals surface area contributed by atoms with Crippen LogP contribution < -0.4 is 4.74 Å². The van der Waals surface area contributed by atoms with Crippen LogP contribution in [-0.4, -0.2) is 59.9 Å². The van der Waals surface area contributed by atoms with Gasteiger partial charge in [0.1, 0.15) is 5.75 Å². The van der Waals surface area contributed by atoms with Crippen LogP contribution in [0.1, 0.15) is 18.4 Å². The smallest absolute Gasteiger partial charge is 0.228 e. The number of amides is 2. The van der Waals surface area contributed by atoms with Crippen LogP contribution in [0.15, 0.2) is 24.3 Å². The molecule has 6 heteroatoms. The van der Waals surface area contributed by atoms with Crippen LogP contribution in [0, 0.1) is 5.92 Å². The lowest BCUT2D eigenvalue weighted by Crippen LogP contribution is -2.38. The minimum atomic E-state index is -0.182. The lowest BCUT2D eigenvalue weighted by atomic mass is 10.1. The average Bonchev–Trinajstić information content (AvgIpc) is 2.80. The zero-order chi connectivity index (χ0) is 16.9. The molecule has 2 fully saturated rings. The van der Waals surface area contributed by atoms with E-state index in [1.807, 2.05) is 40.9 Å². The molecule has 2 aliphatic rings. The third kappa shape index (κ3) is 4.04. The summed E-state index contributed by atoms with van der Waals surface area (Å²) in [5, 5.41) is 0. The summed E-state index contributed by atoms with van der Waals surface area (Å²) in [4.78, 5) is 28.8. The van der Waals surface area contributed by atoms with Crippen molar-refractivity contribution in [3.63, 3.8) is 0 Å². The van der Waals surface area contributed by atoms with E-state index in [4.69, 9.17) is 4.74 Å². The molecule has 0 saturated carbocycles. The first kappa shape index (κ1) is 17.1. The quantitative estimate of drug-likeness (QED) is 0.835. The Labute approximate surface area is 147 Å². The molecule has 3 rings (SSSR count). The summed E-state index contributed by atoms with van der Waals surface area (Å²) >= 11 is 1.90. The predicted octanol–water partition coefficient (Wildman–Crippen LogP) is 2.01. The molecular formula is C18H24N2O3S. The Bertz CT molecular complexity index is 582. The van der Waals surface area contributed by atoms with Gasteiger partial charge in [0, 0.05) is 38.4 Å². The summed E-state index contributed by atoms with van der Waals surface area (Å²) in [6.45, 7) is 2.73. The van der Waals surface area contributed by atoms with E-state index in [-0.39, 0.29) is 17.7 Å². The average molecular weight is 348 g/mol. The fourth-order valence-electron chi connectivity index (χ4n) is 3.27. The molecule has 5 nitrogen and oxygen atoms in total. The summed E-state index contributed by atoms with van der Waals surface area (Å²) in [5.74, 6) is 2.98. The summed E-state index contributed by atoms with van der Waals surface area (Å²) in [6.07, 6.45) is 1.39. The Hall–Kier alpha value is -1.69. The summed E-state index contributed by atoms with van der Waals surface area (Å²) < 4.78 is 5.15. The van der Waals surface area contributed by atoms with Gasteiger partial charge in [-0.05, 0) is 29.9 Å². The number of methoxy groups -OCH3 is 1. The van der Waals surface area contributed by atoms with E-state index in [0.29, 0.717) is 19.5 Å². The standard InChI is InChI=1S/C18H24N2O3S/c1-23-16-5-3-14(4-6-16)12-20-13-15(11-17(20)21)18(22)19-7-2-9-24-10-8-19/h3-6,15H,2,7-13H2,1H3/t15-/m0/s1. The Kier molecular flexibility index (Phi) is 5.66. The van der Waals surface area contributed by atoms with Gasteiger partial charge in [0.25, 0.3) is 0 Å². The highest BCUT2D eigenvalue weighted by molar-refractivity contribution is 7.99. The third-order valence-corrected chi connectivity index (χ3v) is 5.68. The van der Waals surface area contributed by atoms with Crippen LogP contribution in [0.3, 0.4) is 0 Å². The van der Waals surface area contributed by atoms with Crippen LogP contribution in [0.25, 0.3) is 0 Å². The van der Waals surface area contributed by atoms with Gasteiger partial charge in [0.05, 0.1) is 13.0 Å². The minimum absolute atomic E-state index is 0.0772. The van der Waals surface area contributed by atoms with Crippen LogP contribution in [0.5, 0.6) is 5.75 Å². The SMILES string of the molecule is COc1ccc(CN2C[C@@H](C(=O)N3CCCSCC3)CC2=O)cc1. The minimum Gasteiger partial charge on any atom is -0.497 e. The first-order valence-corrected chi connectivity index (χ1v) is 9.60. The lowest BCUT2D eigenvalue weighted by molar-refractivity contribution is -0.135. The molecule has 0 aliphatic carbocycles. The van der Waals surface area contributed by atoms with Gasteiger partial charge in [0.2, 0.25) is 11.8 Å². The van der Waals surface area contributed by atoms with Crippen LogP contribution >= 0.6 is 11.8 Å². The van der Waals surface area contributed by atoms with Crippen molar-refractivity contribution in [1.82, 2.24) is 9.80 Å². The molecule has 1 aromatic carbocycles. The molecule has 2 aliphatic heterocycles. The maximum Gasteiger partial charge on any atom is 0.228 e. The second-order valence-electron chi connectivity index (χ2n) is 6.31. The highest BCUT2D eigenvalue weighted by atomic mass is 32.2. The van der Waals surface area contributed by atoms with Crippen LogP contribution in [-0.2, 0) is 16.1 Å². The van der Waals surface area contributed by atoms with Gasteiger partial charge in [-0.15, -0.1) is 0 Å². The molecule has 0 spiro atoms. The van der Waals surface area contributed by atoms with Crippen molar-refractivity contribution in [2.45, 2.75) is 19.4 Å². The molecule has 24 heavy (non-hydrogen) atoms. The van der Waals surface area contributed by atoms with Crippen LogP contribution in [0.2, 0.25) is 0 Å². The Morgan fingerprint density at radius 3 is 2.79 bits per heavy atom. The topological polar surface area (TPSA) is 49.9 Å². The lowest BCUT2D eigenvalue weighted by Gasteiger charge is -2.23. The van der Waals surface area contributed by atoms with E-state index >= 15 is 0 Å². The maximum absolute atomic E-state index is 12.7. The predicted molar refractivity (Wildman–Crippen MR) is 95.0 cm³/mol. The normalized spacial score (nSPS) is 21.7.